The monoisotopic (exact) mass is 393 g/mol. The van der Waals surface area contributed by atoms with Crippen LogP contribution in [0, 0.1) is 11.3 Å². The van der Waals surface area contributed by atoms with E-state index in [1.807, 2.05) is 30.3 Å². The molecule has 2 aromatic rings. The minimum Gasteiger partial charge on any atom is -0.497 e. The van der Waals surface area contributed by atoms with Crippen LogP contribution >= 0.6 is 15.9 Å². The third-order valence-corrected chi connectivity index (χ3v) is 6.03. The number of hydrogen-bond donors (Lipinski definition) is 0. The Kier molecular flexibility index (Phi) is 3.42. The number of fused-ring (bicyclic) bond motifs is 3. The number of rotatable bonds is 1. The predicted octanol–water partition coefficient (Wildman–Crippen LogP) is 4.81. The number of ether oxygens (including phenoxy) is 1. The molecule has 0 fully saturated rings. The Morgan fingerprint density at radius 1 is 1.20 bits per heavy atom. The Balaban J connectivity index is 1.96. The average Bonchev–Trinajstić information content (AvgIpc) is 2.98. The molecule has 0 spiro atoms. The quantitative estimate of drug-likeness (QED) is 0.697. The Hall–Kier alpha value is -2.38. The SMILES string of the molecule is COc1ccc2c(c1)C(C)(C)C1=C(C2=O)c2cc(Br)c(C#N)cc2C1. The molecule has 2 aromatic carbocycles. The van der Waals surface area contributed by atoms with Crippen LogP contribution in [0.25, 0.3) is 5.57 Å². The lowest BCUT2D eigenvalue weighted by molar-refractivity contribution is 0.105. The number of carbonyl (C=O) groups excluding carboxylic acids is 1. The number of halogens is 1. The van der Waals surface area contributed by atoms with Gasteiger partial charge in [-0.25, -0.2) is 0 Å². The van der Waals surface area contributed by atoms with Crippen molar-refractivity contribution in [2.45, 2.75) is 25.7 Å². The van der Waals surface area contributed by atoms with Gasteiger partial charge in [0.1, 0.15) is 11.8 Å². The highest BCUT2D eigenvalue weighted by atomic mass is 79.9. The van der Waals surface area contributed by atoms with Gasteiger partial charge in [0.05, 0.1) is 12.7 Å². The van der Waals surface area contributed by atoms with Crippen molar-refractivity contribution in [1.82, 2.24) is 0 Å². The molecule has 0 radical (unpaired) electrons. The van der Waals surface area contributed by atoms with E-state index in [4.69, 9.17) is 4.74 Å². The van der Waals surface area contributed by atoms with E-state index in [-0.39, 0.29) is 11.2 Å². The van der Waals surface area contributed by atoms with Crippen LogP contribution in [0.15, 0.2) is 40.4 Å². The lowest BCUT2D eigenvalue weighted by atomic mass is 9.68. The maximum Gasteiger partial charge on any atom is 0.193 e. The molecule has 124 valence electrons. The highest BCUT2D eigenvalue weighted by Crippen LogP contribution is 2.51. The maximum atomic E-state index is 13.2. The van der Waals surface area contributed by atoms with E-state index in [1.165, 1.54) is 0 Å². The normalized spacial score (nSPS) is 16.8. The van der Waals surface area contributed by atoms with Gasteiger partial charge in [0.15, 0.2) is 5.78 Å². The molecule has 0 aromatic heterocycles. The van der Waals surface area contributed by atoms with E-state index in [0.717, 1.165) is 43.6 Å². The van der Waals surface area contributed by atoms with Crippen molar-refractivity contribution in [2.75, 3.05) is 7.11 Å². The van der Waals surface area contributed by atoms with Crippen LogP contribution in [-0.2, 0) is 11.8 Å². The summed E-state index contributed by atoms with van der Waals surface area (Å²) in [4.78, 5) is 13.2. The fourth-order valence-electron chi connectivity index (χ4n) is 3.98. The van der Waals surface area contributed by atoms with Crippen LogP contribution in [0.3, 0.4) is 0 Å². The van der Waals surface area contributed by atoms with Gasteiger partial charge in [-0.2, -0.15) is 5.26 Å². The van der Waals surface area contributed by atoms with Crippen LogP contribution in [0.5, 0.6) is 5.75 Å². The summed E-state index contributed by atoms with van der Waals surface area (Å²) in [6, 6.07) is 11.7. The van der Waals surface area contributed by atoms with Crippen LogP contribution in [0.4, 0.5) is 0 Å². The van der Waals surface area contributed by atoms with E-state index in [1.54, 1.807) is 7.11 Å². The van der Waals surface area contributed by atoms with Crippen LogP contribution in [-0.4, -0.2) is 12.9 Å². The molecule has 4 rings (SSSR count). The van der Waals surface area contributed by atoms with E-state index in [2.05, 4.69) is 35.8 Å². The molecule has 0 aliphatic heterocycles. The fourth-order valence-corrected chi connectivity index (χ4v) is 4.41. The van der Waals surface area contributed by atoms with Crippen molar-refractivity contribution in [3.05, 3.63) is 68.2 Å². The first-order valence-electron chi connectivity index (χ1n) is 8.08. The second-order valence-electron chi connectivity index (χ2n) is 7.00. The van der Waals surface area contributed by atoms with Crippen molar-refractivity contribution in [3.63, 3.8) is 0 Å². The van der Waals surface area contributed by atoms with Crippen LogP contribution in [0.1, 0.15) is 46.5 Å². The molecule has 3 nitrogen and oxygen atoms in total. The number of hydrogen-bond acceptors (Lipinski definition) is 3. The summed E-state index contributed by atoms with van der Waals surface area (Å²) in [5.74, 6) is 0.816. The fraction of sp³-hybridized carbons (Fsp3) is 0.238. The number of ketones is 1. The Morgan fingerprint density at radius 2 is 1.96 bits per heavy atom. The number of nitriles is 1. The van der Waals surface area contributed by atoms with Crippen molar-refractivity contribution in [2.24, 2.45) is 0 Å². The molecule has 0 saturated heterocycles. The first-order valence-corrected chi connectivity index (χ1v) is 8.87. The zero-order chi connectivity index (χ0) is 17.9. The first kappa shape index (κ1) is 16.1. The first-order chi connectivity index (χ1) is 11.9. The van der Waals surface area contributed by atoms with Gasteiger partial charge in [0.25, 0.3) is 0 Å². The molecule has 25 heavy (non-hydrogen) atoms. The van der Waals surface area contributed by atoms with Crippen molar-refractivity contribution in [1.29, 1.82) is 5.26 Å². The molecule has 0 heterocycles. The molecule has 0 amide bonds. The van der Waals surface area contributed by atoms with Crippen molar-refractivity contribution < 1.29 is 9.53 Å². The van der Waals surface area contributed by atoms with Gasteiger partial charge < -0.3 is 4.74 Å². The molecular weight excluding hydrogens is 378 g/mol. The van der Waals surface area contributed by atoms with Gasteiger partial charge in [-0.3, -0.25) is 4.79 Å². The smallest absolute Gasteiger partial charge is 0.193 e. The summed E-state index contributed by atoms with van der Waals surface area (Å²) < 4.78 is 6.09. The summed E-state index contributed by atoms with van der Waals surface area (Å²) in [7, 11) is 1.64. The Morgan fingerprint density at radius 3 is 2.64 bits per heavy atom. The largest absolute Gasteiger partial charge is 0.497 e. The molecule has 0 atom stereocenters. The van der Waals surface area contributed by atoms with E-state index < -0.39 is 0 Å². The summed E-state index contributed by atoms with van der Waals surface area (Å²) in [5, 5.41) is 9.29. The van der Waals surface area contributed by atoms with Gasteiger partial charge in [-0.1, -0.05) is 13.8 Å². The van der Waals surface area contributed by atoms with Gasteiger partial charge in [-0.15, -0.1) is 0 Å². The van der Waals surface area contributed by atoms with Gasteiger partial charge >= 0.3 is 0 Å². The van der Waals surface area contributed by atoms with Gasteiger partial charge in [-0.05, 0) is 74.9 Å². The third kappa shape index (κ3) is 2.12. The zero-order valence-electron chi connectivity index (χ0n) is 14.2. The molecule has 2 aliphatic carbocycles. The number of nitrogens with zero attached hydrogens (tertiary/aromatic N) is 1. The van der Waals surface area contributed by atoms with Crippen LogP contribution < -0.4 is 4.74 Å². The second-order valence-corrected chi connectivity index (χ2v) is 7.85. The minimum absolute atomic E-state index is 0.0577. The highest BCUT2D eigenvalue weighted by molar-refractivity contribution is 9.10. The van der Waals surface area contributed by atoms with Crippen LogP contribution in [0.2, 0.25) is 0 Å². The number of methoxy groups -OCH3 is 1. The average molecular weight is 394 g/mol. The Bertz CT molecular complexity index is 1020. The zero-order valence-corrected chi connectivity index (χ0v) is 15.8. The highest BCUT2D eigenvalue weighted by Gasteiger charge is 2.43. The molecule has 0 bridgehead atoms. The number of Topliss-reactive ketones (excluding diaryl/α,β-unsaturated/α-hetero) is 1. The van der Waals surface area contributed by atoms with Crippen molar-refractivity contribution >= 4 is 27.3 Å². The summed E-state index contributed by atoms with van der Waals surface area (Å²) in [5.41, 5.74) is 5.97. The van der Waals surface area contributed by atoms with E-state index >= 15 is 0 Å². The predicted molar refractivity (Wildman–Crippen MR) is 99.8 cm³/mol. The molecule has 4 heteroatoms. The standard InChI is InChI=1S/C21H16BrNO2/c1-21(2)16-8-13(25-3)4-5-14(16)20(24)19-15-9-18(22)12(10-23)6-11(15)7-17(19)21/h4-6,8-9H,7H2,1-3H3. The Labute approximate surface area is 155 Å². The maximum absolute atomic E-state index is 13.2. The summed E-state index contributed by atoms with van der Waals surface area (Å²) in [6.07, 6.45) is 0.696. The third-order valence-electron chi connectivity index (χ3n) is 5.38. The lowest BCUT2D eigenvalue weighted by Gasteiger charge is -2.34. The minimum atomic E-state index is -0.272. The molecule has 2 aliphatic rings. The topological polar surface area (TPSA) is 50.1 Å². The van der Waals surface area contributed by atoms with Gasteiger partial charge in [0, 0.05) is 21.0 Å². The van der Waals surface area contributed by atoms with E-state index in [0.29, 0.717) is 12.0 Å². The van der Waals surface area contributed by atoms with E-state index in [9.17, 15) is 10.1 Å². The second kappa shape index (κ2) is 5.31. The molecule has 0 N–H and O–H groups in total. The molecular formula is C21H16BrNO2. The van der Waals surface area contributed by atoms with Crippen molar-refractivity contribution in [3.8, 4) is 11.8 Å². The van der Waals surface area contributed by atoms with Gasteiger partial charge in [0.2, 0.25) is 0 Å². The molecule has 0 unspecified atom stereocenters. The molecule has 0 saturated carbocycles. The number of carbonyl (C=O) groups is 1. The summed E-state index contributed by atoms with van der Waals surface area (Å²) in [6.45, 7) is 4.30. The summed E-state index contributed by atoms with van der Waals surface area (Å²) >= 11 is 3.45. The lowest BCUT2D eigenvalue weighted by Crippen LogP contribution is -2.29. The number of allylic oxidation sites excluding steroid dienone is 2. The number of benzene rings is 2.